The summed E-state index contributed by atoms with van der Waals surface area (Å²) in [7, 11) is 0. The fourth-order valence-electron chi connectivity index (χ4n) is 3.12. The van der Waals surface area contributed by atoms with Crippen molar-refractivity contribution < 1.29 is 0 Å². The van der Waals surface area contributed by atoms with E-state index in [-0.39, 0.29) is 0 Å². The molecule has 1 saturated carbocycles. The van der Waals surface area contributed by atoms with Crippen molar-refractivity contribution in [1.82, 2.24) is 10.2 Å². The maximum atomic E-state index is 3.58. The molecule has 1 aliphatic heterocycles. The van der Waals surface area contributed by atoms with Crippen molar-refractivity contribution in [3.63, 3.8) is 0 Å². The second-order valence-corrected chi connectivity index (χ2v) is 7.84. The Balaban J connectivity index is 1.66. The Labute approximate surface area is 128 Å². The number of nitrogens with zero attached hydrogens (tertiary/aromatic N) is 1. The molecule has 2 atom stereocenters. The molecule has 4 heteroatoms. The van der Waals surface area contributed by atoms with Gasteiger partial charge in [-0.1, -0.05) is 0 Å². The Morgan fingerprint density at radius 2 is 2.32 bits per heavy atom. The Bertz CT molecular complexity index is 410. The Hall–Kier alpha value is 0.1000. The molecular weight excluding hydrogens is 320 g/mol. The lowest BCUT2D eigenvalue weighted by molar-refractivity contribution is 0.156. The van der Waals surface area contributed by atoms with Crippen LogP contribution in [0.15, 0.2) is 15.9 Å². The zero-order chi connectivity index (χ0) is 13.2. The number of piperidine rings is 1. The second-order valence-electron chi connectivity index (χ2n) is 5.98. The van der Waals surface area contributed by atoms with Gasteiger partial charge in [-0.25, -0.2) is 0 Å². The first-order valence-corrected chi connectivity index (χ1v) is 9.11. The Kier molecular flexibility index (Phi) is 4.62. The predicted octanol–water partition coefficient (Wildman–Crippen LogP) is 4.04. The highest BCUT2D eigenvalue weighted by molar-refractivity contribution is 9.10. The predicted molar refractivity (Wildman–Crippen MR) is 85.8 cm³/mol. The summed E-state index contributed by atoms with van der Waals surface area (Å²) in [5.41, 5.74) is 0. The summed E-state index contributed by atoms with van der Waals surface area (Å²) in [6, 6.07) is 3.72. The van der Waals surface area contributed by atoms with Crippen LogP contribution in [0.4, 0.5) is 0 Å². The van der Waals surface area contributed by atoms with Crippen LogP contribution in [-0.2, 0) is 0 Å². The third-order valence-corrected chi connectivity index (χ3v) is 6.24. The highest BCUT2D eigenvalue weighted by atomic mass is 79.9. The molecule has 2 heterocycles. The molecule has 0 amide bonds. The number of hydrogen-bond donors (Lipinski definition) is 1. The van der Waals surface area contributed by atoms with Crippen LogP contribution in [0.2, 0.25) is 0 Å². The van der Waals surface area contributed by atoms with E-state index in [0.29, 0.717) is 6.04 Å². The summed E-state index contributed by atoms with van der Waals surface area (Å²) in [6.07, 6.45) is 5.55. The Morgan fingerprint density at radius 1 is 1.47 bits per heavy atom. The molecule has 3 rings (SSSR count). The van der Waals surface area contributed by atoms with Crippen molar-refractivity contribution in [2.75, 3.05) is 19.6 Å². The maximum Gasteiger partial charge on any atom is 0.0416 e. The molecule has 0 radical (unpaired) electrons. The minimum Gasteiger partial charge on any atom is -0.316 e. The lowest BCUT2D eigenvalue weighted by Crippen LogP contribution is -2.40. The van der Waals surface area contributed by atoms with Crippen molar-refractivity contribution in [2.24, 2.45) is 5.92 Å². The van der Waals surface area contributed by atoms with Crippen molar-refractivity contribution in [3.8, 4) is 0 Å². The first-order chi connectivity index (χ1) is 9.24. The van der Waals surface area contributed by atoms with Gasteiger partial charge in [-0.05, 0) is 73.6 Å². The van der Waals surface area contributed by atoms with Gasteiger partial charge in [0.15, 0.2) is 0 Å². The van der Waals surface area contributed by atoms with Crippen LogP contribution in [0.25, 0.3) is 0 Å². The summed E-state index contributed by atoms with van der Waals surface area (Å²) in [5.74, 6) is 0.847. The van der Waals surface area contributed by atoms with Crippen molar-refractivity contribution in [2.45, 2.75) is 44.7 Å². The van der Waals surface area contributed by atoms with E-state index in [0.717, 1.165) is 12.0 Å². The van der Waals surface area contributed by atoms with Crippen molar-refractivity contribution in [3.05, 3.63) is 20.8 Å². The zero-order valence-electron chi connectivity index (χ0n) is 11.6. The van der Waals surface area contributed by atoms with Crippen LogP contribution in [0.3, 0.4) is 0 Å². The van der Waals surface area contributed by atoms with Crippen molar-refractivity contribution in [1.29, 1.82) is 0 Å². The van der Waals surface area contributed by atoms with Gasteiger partial charge in [-0.15, -0.1) is 11.3 Å². The van der Waals surface area contributed by atoms with E-state index in [9.17, 15) is 0 Å². The maximum absolute atomic E-state index is 3.58. The van der Waals surface area contributed by atoms with Gasteiger partial charge < -0.3 is 5.32 Å². The standard InChI is InChI=1S/C15H23BrN2S/c1-11(15-7-13(16)10-19-15)18(14-4-5-14)9-12-3-2-6-17-8-12/h7,10-12,14,17H,2-6,8-9H2,1H3. The van der Waals surface area contributed by atoms with Crippen LogP contribution in [0, 0.1) is 5.92 Å². The molecule has 1 aromatic rings. The van der Waals surface area contributed by atoms with Crippen LogP contribution >= 0.6 is 27.3 Å². The third-order valence-electron chi connectivity index (χ3n) is 4.38. The number of thiophene rings is 1. The molecule has 2 aliphatic rings. The highest BCUT2D eigenvalue weighted by Crippen LogP contribution is 2.38. The molecule has 0 aromatic carbocycles. The minimum atomic E-state index is 0.575. The molecule has 2 nitrogen and oxygen atoms in total. The fourth-order valence-corrected chi connectivity index (χ4v) is 4.64. The first kappa shape index (κ1) is 14.1. The summed E-state index contributed by atoms with van der Waals surface area (Å²) >= 11 is 5.47. The quantitative estimate of drug-likeness (QED) is 0.868. The molecule has 2 fully saturated rings. The number of nitrogens with one attached hydrogen (secondary N) is 1. The van der Waals surface area contributed by atoms with E-state index in [1.807, 2.05) is 11.3 Å². The molecular formula is C15H23BrN2S. The average molecular weight is 343 g/mol. The van der Waals surface area contributed by atoms with E-state index in [4.69, 9.17) is 0 Å². The Morgan fingerprint density at radius 3 is 2.89 bits per heavy atom. The molecule has 2 unspecified atom stereocenters. The van der Waals surface area contributed by atoms with E-state index >= 15 is 0 Å². The molecule has 1 saturated heterocycles. The van der Waals surface area contributed by atoms with Crippen LogP contribution in [-0.4, -0.2) is 30.6 Å². The monoisotopic (exact) mass is 342 g/mol. The third kappa shape index (κ3) is 3.60. The smallest absolute Gasteiger partial charge is 0.0416 e. The largest absolute Gasteiger partial charge is 0.316 e. The SMILES string of the molecule is CC(c1cc(Br)cs1)N(CC1CCCNC1)C1CC1. The summed E-state index contributed by atoms with van der Waals surface area (Å²) in [6.45, 7) is 6.08. The number of halogens is 1. The van der Waals surface area contributed by atoms with Crippen LogP contribution in [0.1, 0.15) is 43.5 Å². The molecule has 19 heavy (non-hydrogen) atoms. The number of hydrogen-bond acceptors (Lipinski definition) is 3. The summed E-state index contributed by atoms with van der Waals surface area (Å²) in [4.78, 5) is 4.26. The van der Waals surface area contributed by atoms with Gasteiger partial charge in [-0.3, -0.25) is 4.90 Å². The van der Waals surface area contributed by atoms with Gasteiger partial charge in [0, 0.05) is 33.4 Å². The highest BCUT2D eigenvalue weighted by Gasteiger charge is 2.34. The molecule has 1 N–H and O–H groups in total. The van der Waals surface area contributed by atoms with Gasteiger partial charge in [-0.2, -0.15) is 0 Å². The second kappa shape index (κ2) is 6.25. The number of rotatable bonds is 5. The van der Waals surface area contributed by atoms with Crippen molar-refractivity contribution >= 4 is 27.3 Å². The van der Waals surface area contributed by atoms with Gasteiger partial charge in [0.2, 0.25) is 0 Å². The minimum absolute atomic E-state index is 0.575. The zero-order valence-corrected chi connectivity index (χ0v) is 14.0. The summed E-state index contributed by atoms with van der Waals surface area (Å²) in [5, 5.41) is 5.76. The summed E-state index contributed by atoms with van der Waals surface area (Å²) < 4.78 is 1.23. The van der Waals surface area contributed by atoms with Gasteiger partial charge in [0.05, 0.1) is 0 Å². The van der Waals surface area contributed by atoms with Crippen LogP contribution < -0.4 is 5.32 Å². The first-order valence-electron chi connectivity index (χ1n) is 7.44. The fraction of sp³-hybridized carbons (Fsp3) is 0.733. The van der Waals surface area contributed by atoms with Crippen LogP contribution in [0.5, 0.6) is 0 Å². The van der Waals surface area contributed by atoms with E-state index in [2.05, 4.69) is 44.5 Å². The van der Waals surface area contributed by atoms with E-state index < -0.39 is 0 Å². The van der Waals surface area contributed by atoms with Gasteiger partial charge >= 0.3 is 0 Å². The molecule has 0 bridgehead atoms. The van der Waals surface area contributed by atoms with Gasteiger partial charge in [0.25, 0.3) is 0 Å². The van der Waals surface area contributed by atoms with Gasteiger partial charge in [0.1, 0.15) is 0 Å². The molecule has 106 valence electrons. The topological polar surface area (TPSA) is 15.3 Å². The molecule has 0 spiro atoms. The van der Waals surface area contributed by atoms with E-state index in [1.165, 1.54) is 54.7 Å². The molecule has 1 aromatic heterocycles. The van der Waals surface area contributed by atoms with E-state index in [1.54, 1.807) is 0 Å². The molecule has 1 aliphatic carbocycles. The lowest BCUT2D eigenvalue weighted by Gasteiger charge is -2.34. The normalized spacial score (nSPS) is 25.7. The lowest BCUT2D eigenvalue weighted by atomic mass is 9.98. The average Bonchev–Trinajstić information content (AvgIpc) is 3.18.